The van der Waals surface area contributed by atoms with Gasteiger partial charge in [-0.2, -0.15) is 0 Å². The highest BCUT2D eigenvalue weighted by Gasteiger charge is 2.36. The highest BCUT2D eigenvalue weighted by atomic mass is 35.5. The molecular formula is C14H20ClNO4. The van der Waals surface area contributed by atoms with Crippen LogP contribution in [0.1, 0.15) is 32.4 Å². The summed E-state index contributed by atoms with van der Waals surface area (Å²) in [5.74, 6) is -0.310. The van der Waals surface area contributed by atoms with E-state index in [1.165, 1.54) is 14.0 Å². The molecule has 0 spiro atoms. The van der Waals surface area contributed by atoms with E-state index in [1.54, 1.807) is 38.1 Å². The third-order valence-electron chi connectivity index (χ3n) is 2.99. The van der Waals surface area contributed by atoms with E-state index in [1.807, 2.05) is 0 Å². The summed E-state index contributed by atoms with van der Waals surface area (Å²) in [5, 5.41) is 0. The molecule has 0 saturated carbocycles. The van der Waals surface area contributed by atoms with Crippen LogP contribution < -0.4 is 10.5 Å². The molecule has 1 aromatic rings. The fourth-order valence-corrected chi connectivity index (χ4v) is 1.72. The Labute approximate surface area is 124 Å². The molecule has 0 unspecified atom stereocenters. The molecule has 6 heteroatoms. The van der Waals surface area contributed by atoms with E-state index in [0.717, 1.165) is 5.56 Å². The Balaban J connectivity index is 0.00000361. The molecule has 0 aliphatic heterocycles. The van der Waals surface area contributed by atoms with E-state index in [9.17, 15) is 9.59 Å². The number of methoxy groups -OCH3 is 1. The largest absolute Gasteiger partial charge is 0.469 e. The van der Waals surface area contributed by atoms with E-state index in [-0.39, 0.29) is 24.3 Å². The molecule has 2 N–H and O–H groups in total. The van der Waals surface area contributed by atoms with Crippen LogP contribution in [0.15, 0.2) is 24.3 Å². The van der Waals surface area contributed by atoms with Crippen molar-refractivity contribution < 1.29 is 19.1 Å². The molecule has 0 aliphatic rings. The Hall–Kier alpha value is -1.59. The van der Waals surface area contributed by atoms with Crippen molar-refractivity contribution in [3.8, 4) is 5.75 Å². The molecule has 0 amide bonds. The van der Waals surface area contributed by atoms with Crippen molar-refractivity contribution in [1.82, 2.24) is 0 Å². The van der Waals surface area contributed by atoms with Gasteiger partial charge in [0.05, 0.1) is 12.5 Å². The Morgan fingerprint density at radius 2 is 1.70 bits per heavy atom. The number of carbonyl (C=O) groups is 2. The van der Waals surface area contributed by atoms with Crippen LogP contribution in [0.3, 0.4) is 0 Å². The average molecular weight is 302 g/mol. The van der Waals surface area contributed by atoms with Gasteiger partial charge in [-0.25, -0.2) is 0 Å². The van der Waals surface area contributed by atoms with Crippen molar-refractivity contribution >= 4 is 24.3 Å². The van der Waals surface area contributed by atoms with Crippen LogP contribution in [-0.2, 0) is 14.3 Å². The molecule has 0 radical (unpaired) electrons. The van der Waals surface area contributed by atoms with Crippen LogP contribution in [0.25, 0.3) is 0 Å². The maximum absolute atomic E-state index is 11.7. The van der Waals surface area contributed by atoms with E-state index < -0.39 is 11.5 Å². The first-order chi connectivity index (χ1) is 8.78. The van der Waals surface area contributed by atoms with Gasteiger partial charge in [-0.15, -0.1) is 12.4 Å². The number of benzene rings is 1. The maximum atomic E-state index is 11.7. The Morgan fingerprint density at radius 3 is 2.10 bits per heavy atom. The summed E-state index contributed by atoms with van der Waals surface area (Å²) in [6.07, 6.45) is 0. The van der Waals surface area contributed by atoms with Gasteiger partial charge in [-0.3, -0.25) is 9.59 Å². The van der Waals surface area contributed by atoms with Crippen molar-refractivity contribution in [1.29, 1.82) is 0 Å². The molecule has 0 bridgehead atoms. The first kappa shape index (κ1) is 18.4. The third-order valence-corrected chi connectivity index (χ3v) is 2.99. The zero-order chi connectivity index (χ0) is 14.6. The van der Waals surface area contributed by atoms with Crippen LogP contribution in [0, 0.1) is 5.41 Å². The summed E-state index contributed by atoms with van der Waals surface area (Å²) in [6, 6.07) is 6.24. The SMILES string of the molecule is COC(=O)C(C)(C)[C@H](N)c1ccc(OC(C)=O)cc1.Cl. The predicted octanol–water partition coefficient (Wildman–Crippen LogP) is 2.23. The highest BCUT2D eigenvalue weighted by molar-refractivity contribution is 5.85. The van der Waals surface area contributed by atoms with Gasteiger partial charge in [-0.1, -0.05) is 12.1 Å². The van der Waals surface area contributed by atoms with Gasteiger partial charge in [-0.05, 0) is 31.5 Å². The van der Waals surface area contributed by atoms with Crippen LogP contribution in [0.2, 0.25) is 0 Å². The lowest BCUT2D eigenvalue weighted by atomic mass is 9.81. The van der Waals surface area contributed by atoms with Crippen LogP contribution in [0.4, 0.5) is 0 Å². The molecule has 5 nitrogen and oxygen atoms in total. The van der Waals surface area contributed by atoms with Crippen LogP contribution in [-0.4, -0.2) is 19.0 Å². The van der Waals surface area contributed by atoms with Gasteiger partial charge in [0.1, 0.15) is 5.75 Å². The van der Waals surface area contributed by atoms with Gasteiger partial charge in [0.25, 0.3) is 0 Å². The summed E-state index contributed by atoms with van der Waals surface area (Å²) in [6.45, 7) is 4.78. The van der Waals surface area contributed by atoms with E-state index in [2.05, 4.69) is 0 Å². The number of nitrogens with two attached hydrogens (primary N) is 1. The standard InChI is InChI=1S/C14H19NO4.ClH/c1-9(16)19-11-7-5-10(6-8-11)12(15)14(2,3)13(17)18-4;/h5-8,12H,15H2,1-4H3;1H/t12-;/m1./s1. The number of hydrogen-bond acceptors (Lipinski definition) is 5. The zero-order valence-corrected chi connectivity index (χ0v) is 12.8. The van der Waals surface area contributed by atoms with Gasteiger partial charge in [0, 0.05) is 13.0 Å². The molecule has 112 valence electrons. The van der Waals surface area contributed by atoms with Crippen molar-refractivity contribution in [3.05, 3.63) is 29.8 Å². The number of rotatable bonds is 4. The van der Waals surface area contributed by atoms with Gasteiger partial charge in [0.15, 0.2) is 0 Å². The zero-order valence-electron chi connectivity index (χ0n) is 12.0. The number of ether oxygens (including phenoxy) is 2. The fraction of sp³-hybridized carbons (Fsp3) is 0.429. The molecule has 0 saturated heterocycles. The second kappa shape index (κ2) is 7.26. The minimum atomic E-state index is -0.836. The molecule has 0 aliphatic carbocycles. The van der Waals surface area contributed by atoms with E-state index in [0.29, 0.717) is 5.75 Å². The highest BCUT2D eigenvalue weighted by Crippen LogP contribution is 2.33. The summed E-state index contributed by atoms with van der Waals surface area (Å²) in [7, 11) is 1.33. The first-order valence-electron chi connectivity index (χ1n) is 5.91. The minimum Gasteiger partial charge on any atom is -0.469 e. The van der Waals surface area contributed by atoms with Crippen molar-refractivity contribution in [3.63, 3.8) is 0 Å². The lowest BCUT2D eigenvalue weighted by Crippen LogP contribution is -2.37. The number of carbonyl (C=O) groups excluding carboxylic acids is 2. The molecule has 20 heavy (non-hydrogen) atoms. The molecule has 1 rings (SSSR count). The maximum Gasteiger partial charge on any atom is 0.313 e. The number of halogens is 1. The normalized spacial score (nSPS) is 12.1. The molecule has 1 aromatic carbocycles. The Kier molecular flexibility index (Phi) is 6.68. The summed E-state index contributed by atoms with van der Waals surface area (Å²) >= 11 is 0. The second-order valence-electron chi connectivity index (χ2n) is 4.85. The van der Waals surface area contributed by atoms with E-state index in [4.69, 9.17) is 15.2 Å². The average Bonchev–Trinajstić information content (AvgIpc) is 2.37. The lowest BCUT2D eigenvalue weighted by Gasteiger charge is -2.28. The van der Waals surface area contributed by atoms with Crippen molar-refractivity contribution in [2.75, 3.05) is 7.11 Å². The van der Waals surface area contributed by atoms with Crippen molar-refractivity contribution in [2.45, 2.75) is 26.8 Å². The first-order valence-corrected chi connectivity index (χ1v) is 5.91. The smallest absolute Gasteiger partial charge is 0.313 e. The van der Waals surface area contributed by atoms with Gasteiger partial charge in [0.2, 0.25) is 0 Å². The Morgan fingerprint density at radius 1 is 1.20 bits per heavy atom. The molecule has 0 aromatic heterocycles. The second-order valence-corrected chi connectivity index (χ2v) is 4.85. The van der Waals surface area contributed by atoms with Gasteiger partial charge < -0.3 is 15.2 Å². The fourth-order valence-electron chi connectivity index (χ4n) is 1.72. The molecule has 1 atom stereocenters. The van der Waals surface area contributed by atoms with Crippen LogP contribution >= 0.6 is 12.4 Å². The van der Waals surface area contributed by atoms with Crippen molar-refractivity contribution in [2.24, 2.45) is 11.1 Å². The number of esters is 2. The summed E-state index contributed by atoms with van der Waals surface area (Å²) < 4.78 is 9.68. The summed E-state index contributed by atoms with van der Waals surface area (Å²) in [5.41, 5.74) is 6.03. The Bertz CT molecular complexity index is 471. The topological polar surface area (TPSA) is 78.6 Å². The third kappa shape index (κ3) is 4.21. The monoisotopic (exact) mass is 301 g/mol. The minimum absolute atomic E-state index is 0. The van der Waals surface area contributed by atoms with E-state index >= 15 is 0 Å². The molecule has 0 fully saturated rings. The predicted molar refractivity (Wildman–Crippen MR) is 77.7 cm³/mol. The molecule has 0 heterocycles. The number of hydrogen-bond donors (Lipinski definition) is 1. The summed E-state index contributed by atoms with van der Waals surface area (Å²) in [4.78, 5) is 22.5. The lowest BCUT2D eigenvalue weighted by molar-refractivity contribution is -0.152. The van der Waals surface area contributed by atoms with Gasteiger partial charge >= 0.3 is 11.9 Å². The van der Waals surface area contributed by atoms with Crippen LogP contribution in [0.5, 0.6) is 5.75 Å². The quantitative estimate of drug-likeness (QED) is 0.681. The molecular weight excluding hydrogens is 282 g/mol.